The summed E-state index contributed by atoms with van der Waals surface area (Å²) >= 11 is 0. The van der Waals surface area contributed by atoms with Crippen molar-refractivity contribution >= 4 is 0 Å². The SMILES string of the molecule is Cc1cc(CNCCN2CCCCC2)ccn1. The van der Waals surface area contributed by atoms with E-state index in [0.717, 1.165) is 18.8 Å². The highest BCUT2D eigenvalue weighted by molar-refractivity contribution is 5.14. The van der Waals surface area contributed by atoms with Gasteiger partial charge in [0.25, 0.3) is 0 Å². The van der Waals surface area contributed by atoms with Crippen molar-refractivity contribution in [1.82, 2.24) is 15.2 Å². The van der Waals surface area contributed by atoms with Gasteiger partial charge in [0.2, 0.25) is 0 Å². The molecule has 17 heavy (non-hydrogen) atoms. The lowest BCUT2D eigenvalue weighted by atomic mass is 10.1. The topological polar surface area (TPSA) is 28.2 Å². The van der Waals surface area contributed by atoms with E-state index < -0.39 is 0 Å². The van der Waals surface area contributed by atoms with E-state index in [1.165, 1.54) is 44.5 Å². The van der Waals surface area contributed by atoms with Gasteiger partial charge in [0.1, 0.15) is 0 Å². The second-order valence-corrected chi connectivity index (χ2v) is 4.88. The van der Waals surface area contributed by atoms with Crippen molar-refractivity contribution in [1.29, 1.82) is 0 Å². The molecule has 1 saturated heterocycles. The Balaban J connectivity index is 1.62. The first-order valence-corrected chi connectivity index (χ1v) is 6.69. The number of aryl methyl sites for hydroxylation is 1. The second-order valence-electron chi connectivity index (χ2n) is 4.88. The van der Waals surface area contributed by atoms with Crippen LogP contribution in [-0.2, 0) is 6.54 Å². The van der Waals surface area contributed by atoms with Gasteiger partial charge in [-0.1, -0.05) is 6.42 Å². The average Bonchev–Trinajstić information content (AvgIpc) is 2.36. The van der Waals surface area contributed by atoms with Gasteiger partial charge >= 0.3 is 0 Å². The molecule has 0 aromatic carbocycles. The molecule has 94 valence electrons. The summed E-state index contributed by atoms with van der Waals surface area (Å²) in [7, 11) is 0. The van der Waals surface area contributed by atoms with Crippen LogP contribution in [0.1, 0.15) is 30.5 Å². The number of hydrogen-bond acceptors (Lipinski definition) is 3. The van der Waals surface area contributed by atoms with Gasteiger partial charge in [0.05, 0.1) is 0 Å². The number of pyridine rings is 1. The molecule has 1 N–H and O–H groups in total. The Kier molecular flexibility index (Phi) is 4.95. The maximum atomic E-state index is 4.21. The van der Waals surface area contributed by atoms with Crippen molar-refractivity contribution in [3.05, 3.63) is 29.6 Å². The summed E-state index contributed by atoms with van der Waals surface area (Å²) in [6.45, 7) is 7.84. The monoisotopic (exact) mass is 233 g/mol. The number of nitrogens with one attached hydrogen (secondary N) is 1. The maximum absolute atomic E-state index is 4.21. The lowest BCUT2D eigenvalue weighted by molar-refractivity contribution is 0.229. The highest BCUT2D eigenvalue weighted by Gasteiger charge is 2.08. The minimum absolute atomic E-state index is 0.956. The summed E-state index contributed by atoms with van der Waals surface area (Å²) in [6.07, 6.45) is 6.06. The molecule has 2 rings (SSSR count). The van der Waals surface area contributed by atoms with Gasteiger partial charge in [-0.25, -0.2) is 0 Å². The van der Waals surface area contributed by atoms with Crippen LogP contribution in [0.4, 0.5) is 0 Å². The molecule has 0 spiro atoms. The summed E-state index contributed by atoms with van der Waals surface area (Å²) in [5.74, 6) is 0. The smallest absolute Gasteiger partial charge is 0.0375 e. The fourth-order valence-electron chi connectivity index (χ4n) is 2.37. The molecular weight excluding hydrogens is 210 g/mol. The van der Waals surface area contributed by atoms with Gasteiger partial charge in [0.15, 0.2) is 0 Å². The third-order valence-electron chi connectivity index (χ3n) is 3.34. The molecule has 1 aliphatic heterocycles. The van der Waals surface area contributed by atoms with E-state index in [2.05, 4.69) is 27.3 Å². The molecule has 0 aliphatic carbocycles. The van der Waals surface area contributed by atoms with Gasteiger partial charge < -0.3 is 10.2 Å². The van der Waals surface area contributed by atoms with E-state index in [0.29, 0.717) is 0 Å². The van der Waals surface area contributed by atoms with Gasteiger partial charge in [-0.3, -0.25) is 4.98 Å². The molecule has 0 unspecified atom stereocenters. The van der Waals surface area contributed by atoms with Crippen molar-refractivity contribution in [3.63, 3.8) is 0 Å². The second kappa shape index (κ2) is 6.72. The van der Waals surface area contributed by atoms with Gasteiger partial charge in [-0.15, -0.1) is 0 Å². The Morgan fingerprint density at radius 2 is 2.12 bits per heavy atom. The summed E-state index contributed by atoms with van der Waals surface area (Å²) in [5.41, 5.74) is 2.43. The Labute approximate surface area is 104 Å². The van der Waals surface area contributed by atoms with E-state index in [-0.39, 0.29) is 0 Å². The van der Waals surface area contributed by atoms with Gasteiger partial charge in [-0.2, -0.15) is 0 Å². The number of piperidine rings is 1. The molecule has 3 heteroatoms. The molecule has 0 radical (unpaired) electrons. The minimum Gasteiger partial charge on any atom is -0.311 e. The van der Waals surface area contributed by atoms with Crippen LogP contribution >= 0.6 is 0 Å². The van der Waals surface area contributed by atoms with Crippen LogP contribution in [0.25, 0.3) is 0 Å². The Morgan fingerprint density at radius 3 is 2.88 bits per heavy atom. The quantitative estimate of drug-likeness (QED) is 0.788. The number of aromatic nitrogens is 1. The highest BCUT2D eigenvalue weighted by Crippen LogP contribution is 2.07. The summed E-state index contributed by atoms with van der Waals surface area (Å²) in [6, 6.07) is 4.23. The van der Waals surface area contributed by atoms with Gasteiger partial charge in [0, 0.05) is 31.5 Å². The predicted molar refractivity (Wildman–Crippen MR) is 71.0 cm³/mol. The number of likely N-dealkylation sites (tertiary alicyclic amines) is 1. The molecule has 1 aromatic heterocycles. The van der Waals surface area contributed by atoms with E-state index in [1.54, 1.807) is 0 Å². The average molecular weight is 233 g/mol. The fraction of sp³-hybridized carbons (Fsp3) is 0.643. The van der Waals surface area contributed by atoms with Crippen molar-refractivity contribution in [2.45, 2.75) is 32.7 Å². The van der Waals surface area contributed by atoms with E-state index in [9.17, 15) is 0 Å². The summed E-state index contributed by atoms with van der Waals surface area (Å²) in [5, 5.41) is 3.51. The van der Waals surface area contributed by atoms with Crippen LogP contribution in [0.5, 0.6) is 0 Å². The largest absolute Gasteiger partial charge is 0.311 e. The zero-order valence-electron chi connectivity index (χ0n) is 10.8. The zero-order valence-corrected chi connectivity index (χ0v) is 10.8. The van der Waals surface area contributed by atoms with Crippen molar-refractivity contribution in [3.8, 4) is 0 Å². The normalized spacial score (nSPS) is 17.2. The van der Waals surface area contributed by atoms with Crippen molar-refractivity contribution in [2.75, 3.05) is 26.2 Å². The summed E-state index contributed by atoms with van der Waals surface area (Å²) < 4.78 is 0. The Hall–Kier alpha value is -0.930. The van der Waals surface area contributed by atoms with Crippen LogP contribution < -0.4 is 5.32 Å². The van der Waals surface area contributed by atoms with Crippen molar-refractivity contribution < 1.29 is 0 Å². The lowest BCUT2D eigenvalue weighted by Crippen LogP contribution is -2.35. The standard InChI is InChI=1S/C14H23N3/c1-13-11-14(5-6-16-13)12-15-7-10-17-8-3-2-4-9-17/h5-6,11,15H,2-4,7-10,12H2,1H3. The molecule has 1 fully saturated rings. The highest BCUT2D eigenvalue weighted by atomic mass is 15.1. The van der Waals surface area contributed by atoms with E-state index in [4.69, 9.17) is 0 Å². The fourth-order valence-corrected chi connectivity index (χ4v) is 2.37. The Bertz CT molecular complexity index is 332. The molecule has 0 amide bonds. The molecule has 0 bridgehead atoms. The summed E-state index contributed by atoms with van der Waals surface area (Å²) in [4.78, 5) is 6.77. The lowest BCUT2D eigenvalue weighted by Gasteiger charge is -2.26. The van der Waals surface area contributed by atoms with Gasteiger partial charge in [-0.05, 0) is 50.6 Å². The van der Waals surface area contributed by atoms with Crippen molar-refractivity contribution in [2.24, 2.45) is 0 Å². The molecule has 3 nitrogen and oxygen atoms in total. The first kappa shape index (κ1) is 12.5. The van der Waals surface area contributed by atoms with E-state index in [1.807, 2.05) is 13.1 Å². The predicted octanol–water partition coefficient (Wildman–Crippen LogP) is 1.97. The maximum Gasteiger partial charge on any atom is 0.0375 e. The molecule has 0 atom stereocenters. The van der Waals surface area contributed by atoms with Crippen LogP contribution in [0.2, 0.25) is 0 Å². The zero-order chi connectivity index (χ0) is 11.9. The Morgan fingerprint density at radius 1 is 1.29 bits per heavy atom. The first-order chi connectivity index (χ1) is 8.34. The number of rotatable bonds is 5. The molecule has 1 aliphatic rings. The van der Waals surface area contributed by atoms with Crippen LogP contribution in [0.3, 0.4) is 0 Å². The molecular formula is C14H23N3. The van der Waals surface area contributed by atoms with E-state index >= 15 is 0 Å². The molecule has 2 heterocycles. The first-order valence-electron chi connectivity index (χ1n) is 6.69. The van der Waals surface area contributed by atoms with Crippen LogP contribution in [0, 0.1) is 6.92 Å². The number of nitrogens with zero attached hydrogens (tertiary/aromatic N) is 2. The third-order valence-corrected chi connectivity index (χ3v) is 3.34. The van der Waals surface area contributed by atoms with Crippen LogP contribution in [-0.4, -0.2) is 36.1 Å². The minimum atomic E-state index is 0.956. The third kappa shape index (κ3) is 4.44. The number of hydrogen-bond donors (Lipinski definition) is 1. The molecule has 1 aromatic rings. The molecule has 0 saturated carbocycles. The van der Waals surface area contributed by atoms with Crippen LogP contribution in [0.15, 0.2) is 18.3 Å².